The van der Waals surface area contributed by atoms with Crippen molar-refractivity contribution in [2.75, 3.05) is 19.8 Å². The fourth-order valence-electron chi connectivity index (χ4n) is 1.52. The first-order valence-corrected chi connectivity index (χ1v) is 8.98. The number of nitrogen functional groups attached to an aromatic ring is 1. The Morgan fingerprint density at radius 2 is 2.00 bits per heavy atom. The van der Waals surface area contributed by atoms with E-state index in [1.165, 1.54) is 36.2 Å². The number of nitrogens with zero attached hydrogens (tertiary/aromatic N) is 2. The SMILES string of the molecule is CN(C)S(=O)(=O)c1ccc(N)c(Sc2ncccc2Br)c1. The zero-order chi connectivity index (χ0) is 15.6. The second-order valence-corrected chi connectivity index (χ2v) is 8.42. The molecule has 1 aromatic carbocycles. The van der Waals surface area contributed by atoms with Gasteiger partial charge in [-0.05, 0) is 46.3 Å². The van der Waals surface area contributed by atoms with E-state index in [2.05, 4.69) is 20.9 Å². The Labute approximate surface area is 136 Å². The maximum atomic E-state index is 12.2. The predicted molar refractivity (Wildman–Crippen MR) is 87.8 cm³/mol. The first-order chi connectivity index (χ1) is 9.82. The Balaban J connectivity index is 2.44. The number of aromatic nitrogens is 1. The Kier molecular flexibility index (Phi) is 4.92. The van der Waals surface area contributed by atoms with Gasteiger partial charge in [0.05, 0.1) is 9.37 Å². The molecule has 0 saturated heterocycles. The molecule has 5 nitrogen and oxygen atoms in total. The Morgan fingerprint density at radius 1 is 1.29 bits per heavy atom. The van der Waals surface area contributed by atoms with E-state index in [0.717, 1.165) is 9.50 Å². The molecule has 0 bridgehead atoms. The molecule has 2 aromatic rings. The van der Waals surface area contributed by atoms with Gasteiger partial charge in [0.1, 0.15) is 5.03 Å². The third-order valence-electron chi connectivity index (χ3n) is 2.69. The highest BCUT2D eigenvalue weighted by Crippen LogP contribution is 2.36. The van der Waals surface area contributed by atoms with E-state index in [-0.39, 0.29) is 4.90 Å². The van der Waals surface area contributed by atoms with Crippen LogP contribution in [0.4, 0.5) is 5.69 Å². The van der Waals surface area contributed by atoms with Crippen LogP contribution in [0.5, 0.6) is 0 Å². The number of hydrogen-bond donors (Lipinski definition) is 1. The van der Waals surface area contributed by atoms with Gasteiger partial charge in [-0.25, -0.2) is 17.7 Å². The first-order valence-electron chi connectivity index (χ1n) is 5.93. The lowest BCUT2D eigenvalue weighted by Crippen LogP contribution is -2.22. The van der Waals surface area contributed by atoms with Gasteiger partial charge in [0.15, 0.2) is 0 Å². The van der Waals surface area contributed by atoms with Crippen LogP contribution in [0.3, 0.4) is 0 Å². The molecule has 0 unspecified atom stereocenters. The van der Waals surface area contributed by atoms with Crippen LogP contribution in [0.25, 0.3) is 0 Å². The largest absolute Gasteiger partial charge is 0.398 e. The molecule has 0 aliphatic heterocycles. The van der Waals surface area contributed by atoms with Gasteiger partial charge in [0.25, 0.3) is 0 Å². The lowest BCUT2D eigenvalue weighted by atomic mass is 10.3. The minimum Gasteiger partial charge on any atom is -0.398 e. The molecular weight excluding hydrogens is 374 g/mol. The molecular formula is C13H14BrN3O2S2. The Morgan fingerprint density at radius 3 is 2.62 bits per heavy atom. The number of sulfonamides is 1. The number of rotatable bonds is 4. The molecule has 0 radical (unpaired) electrons. The van der Waals surface area contributed by atoms with Crippen molar-refractivity contribution in [3.63, 3.8) is 0 Å². The maximum Gasteiger partial charge on any atom is 0.242 e. The summed E-state index contributed by atoms with van der Waals surface area (Å²) >= 11 is 4.73. The summed E-state index contributed by atoms with van der Waals surface area (Å²) in [4.78, 5) is 5.10. The van der Waals surface area contributed by atoms with Gasteiger partial charge in [0.2, 0.25) is 10.0 Å². The van der Waals surface area contributed by atoms with Gasteiger partial charge in [-0.2, -0.15) is 0 Å². The van der Waals surface area contributed by atoms with E-state index in [1.54, 1.807) is 18.3 Å². The molecule has 112 valence electrons. The van der Waals surface area contributed by atoms with Crippen LogP contribution in [-0.4, -0.2) is 31.8 Å². The number of pyridine rings is 1. The van der Waals surface area contributed by atoms with Gasteiger partial charge in [-0.15, -0.1) is 0 Å². The van der Waals surface area contributed by atoms with Crippen molar-refractivity contribution in [2.24, 2.45) is 0 Å². The molecule has 0 aliphatic carbocycles. The van der Waals surface area contributed by atoms with Gasteiger partial charge >= 0.3 is 0 Å². The summed E-state index contributed by atoms with van der Waals surface area (Å²) in [6.45, 7) is 0. The summed E-state index contributed by atoms with van der Waals surface area (Å²) in [5.74, 6) is 0. The maximum absolute atomic E-state index is 12.2. The van der Waals surface area contributed by atoms with Crippen molar-refractivity contribution < 1.29 is 8.42 Å². The van der Waals surface area contributed by atoms with Crippen molar-refractivity contribution in [2.45, 2.75) is 14.8 Å². The minimum absolute atomic E-state index is 0.205. The molecule has 2 rings (SSSR count). The summed E-state index contributed by atoms with van der Waals surface area (Å²) < 4.78 is 26.3. The topological polar surface area (TPSA) is 76.3 Å². The highest BCUT2D eigenvalue weighted by molar-refractivity contribution is 9.10. The van der Waals surface area contributed by atoms with Crippen molar-refractivity contribution in [1.82, 2.24) is 9.29 Å². The van der Waals surface area contributed by atoms with Crippen molar-refractivity contribution >= 4 is 43.4 Å². The van der Waals surface area contributed by atoms with Crippen LogP contribution in [-0.2, 0) is 10.0 Å². The molecule has 2 N–H and O–H groups in total. The molecule has 0 fully saturated rings. The molecule has 0 atom stereocenters. The average molecular weight is 388 g/mol. The van der Waals surface area contributed by atoms with E-state index < -0.39 is 10.0 Å². The predicted octanol–water partition coefficient (Wildman–Crippen LogP) is 2.83. The average Bonchev–Trinajstić information content (AvgIpc) is 2.43. The number of anilines is 1. The monoisotopic (exact) mass is 387 g/mol. The molecule has 8 heteroatoms. The van der Waals surface area contributed by atoms with E-state index in [9.17, 15) is 8.42 Å². The van der Waals surface area contributed by atoms with Crippen LogP contribution >= 0.6 is 27.7 Å². The Bertz CT molecular complexity index is 764. The van der Waals surface area contributed by atoms with Crippen molar-refractivity contribution in [3.05, 3.63) is 41.0 Å². The van der Waals surface area contributed by atoms with Crippen LogP contribution in [0.2, 0.25) is 0 Å². The smallest absolute Gasteiger partial charge is 0.242 e. The van der Waals surface area contributed by atoms with Crippen molar-refractivity contribution in [3.8, 4) is 0 Å². The van der Waals surface area contributed by atoms with Gasteiger partial charge in [0, 0.05) is 30.9 Å². The van der Waals surface area contributed by atoms with Gasteiger partial charge in [-0.3, -0.25) is 0 Å². The molecule has 0 aliphatic rings. The fraction of sp³-hybridized carbons (Fsp3) is 0.154. The highest BCUT2D eigenvalue weighted by atomic mass is 79.9. The number of halogens is 1. The van der Waals surface area contributed by atoms with Gasteiger partial charge < -0.3 is 5.73 Å². The minimum atomic E-state index is -3.49. The molecule has 0 amide bonds. The zero-order valence-electron chi connectivity index (χ0n) is 11.4. The third kappa shape index (κ3) is 3.57. The standard InChI is InChI=1S/C13H14BrN3O2S2/c1-17(2)21(18,19)9-5-6-11(15)12(8-9)20-13-10(14)4-3-7-16-13/h3-8H,15H2,1-2H3. The normalized spacial score (nSPS) is 11.8. The van der Waals surface area contributed by atoms with E-state index in [4.69, 9.17) is 5.73 Å². The summed E-state index contributed by atoms with van der Waals surface area (Å²) in [6, 6.07) is 8.34. The fourth-order valence-corrected chi connectivity index (χ4v) is 3.88. The van der Waals surface area contributed by atoms with Crippen LogP contribution in [0.1, 0.15) is 0 Å². The van der Waals surface area contributed by atoms with Crippen LogP contribution in [0.15, 0.2) is 55.8 Å². The Hall–Kier alpha value is -1.09. The number of nitrogens with two attached hydrogens (primary N) is 1. The zero-order valence-corrected chi connectivity index (χ0v) is 14.7. The number of hydrogen-bond acceptors (Lipinski definition) is 5. The summed E-state index contributed by atoms with van der Waals surface area (Å²) in [5.41, 5.74) is 6.44. The second-order valence-electron chi connectivity index (χ2n) is 4.38. The summed E-state index contributed by atoms with van der Waals surface area (Å²) in [7, 11) is -0.498. The third-order valence-corrected chi connectivity index (χ3v) is 6.50. The summed E-state index contributed by atoms with van der Waals surface area (Å²) in [6.07, 6.45) is 1.67. The molecule has 1 aromatic heterocycles. The molecule has 1 heterocycles. The van der Waals surface area contributed by atoms with E-state index in [0.29, 0.717) is 10.6 Å². The highest BCUT2D eigenvalue weighted by Gasteiger charge is 2.19. The van der Waals surface area contributed by atoms with Crippen molar-refractivity contribution in [1.29, 1.82) is 0 Å². The number of benzene rings is 1. The summed E-state index contributed by atoms with van der Waals surface area (Å²) in [5, 5.41) is 0.726. The lowest BCUT2D eigenvalue weighted by Gasteiger charge is -2.13. The van der Waals surface area contributed by atoms with Crippen LogP contribution in [0, 0.1) is 0 Å². The van der Waals surface area contributed by atoms with E-state index >= 15 is 0 Å². The second kappa shape index (κ2) is 6.35. The molecule has 21 heavy (non-hydrogen) atoms. The molecule has 0 saturated carbocycles. The lowest BCUT2D eigenvalue weighted by molar-refractivity contribution is 0.520. The van der Waals surface area contributed by atoms with Crippen LogP contribution < -0.4 is 5.73 Å². The van der Waals surface area contributed by atoms with E-state index in [1.807, 2.05) is 12.1 Å². The van der Waals surface area contributed by atoms with Gasteiger partial charge in [-0.1, -0.05) is 11.8 Å². The quantitative estimate of drug-likeness (QED) is 0.816. The molecule has 0 spiro atoms. The first kappa shape index (κ1) is 16.3.